The molecule has 130 valence electrons. The number of carbonyl (C=O) groups excluding carboxylic acids is 1. The van der Waals surface area contributed by atoms with Crippen molar-refractivity contribution in [2.24, 2.45) is 5.41 Å². The maximum absolute atomic E-state index is 13.2. The van der Waals surface area contributed by atoms with Crippen LogP contribution in [0.5, 0.6) is 0 Å². The summed E-state index contributed by atoms with van der Waals surface area (Å²) in [5, 5.41) is 0.608. The van der Waals surface area contributed by atoms with E-state index in [9.17, 15) is 4.79 Å². The van der Waals surface area contributed by atoms with E-state index in [1.54, 1.807) is 6.07 Å². The first-order valence-electron chi connectivity index (χ1n) is 8.85. The second-order valence-corrected chi connectivity index (χ2v) is 8.04. The zero-order chi connectivity index (χ0) is 17.4. The van der Waals surface area contributed by atoms with Crippen molar-refractivity contribution in [2.75, 3.05) is 26.7 Å². The van der Waals surface area contributed by atoms with Gasteiger partial charge in [0.1, 0.15) is 0 Å². The average Bonchev–Trinajstić information content (AvgIpc) is 2.86. The number of halogens is 1. The smallest absolute Gasteiger partial charge is 0.254 e. The summed E-state index contributed by atoms with van der Waals surface area (Å²) >= 11 is 6.10. The molecule has 1 unspecified atom stereocenters. The van der Waals surface area contributed by atoms with Gasteiger partial charge in [-0.15, -0.1) is 0 Å². The van der Waals surface area contributed by atoms with E-state index in [2.05, 4.69) is 36.2 Å². The Morgan fingerprint density at radius 1 is 1.08 bits per heavy atom. The van der Waals surface area contributed by atoms with E-state index in [0.29, 0.717) is 17.1 Å². The van der Waals surface area contributed by atoms with Gasteiger partial charge < -0.3 is 9.80 Å². The number of amides is 1. The number of rotatable bonds is 1. The predicted molar refractivity (Wildman–Crippen MR) is 101 cm³/mol. The summed E-state index contributed by atoms with van der Waals surface area (Å²) in [7, 11) is 2.18. The third-order valence-electron chi connectivity index (χ3n) is 5.56. The third-order valence-corrected chi connectivity index (χ3v) is 5.79. The average molecular weight is 355 g/mol. The lowest BCUT2D eigenvalue weighted by atomic mass is 9.80. The van der Waals surface area contributed by atoms with Crippen LogP contribution in [0.15, 0.2) is 48.5 Å². The molecule has 0 saturated carbocycles. The Labute approximate surface area is 154 Å². The molecule has 4 rings (SSSR count). The number of hydrogen-bond acceptors (Lipinski definition) is 2. The summed E-state index contributed by atoms with van der Waals surface area (Å²) in [4.78, 5) is 17.6. The molecule has 1 fully saturated rings. The Morgan fingerprint density at radius 2 is 1.88 bits per heavy atom. The number of likely N-dealkylation sites (tertiary alicyclic amines) is 1. The molecule has 1 spiro atoms. The summed E-state index contributed by atoms with van der Waals surface area (Å²) < 4.78 is 0. The summed E-state index contributed by atoms with van der Waals surface area (Å²) in [5.41, 5.74) is 3.48. The van der Waals surface area contributed by atoms with E-state index in [-0.39, 0.29) is 11.3 Å². The summed E-state index contributed by atoms with van der Waals surface area (Å²) in [5.74, 6) is 0.0770. The highest BCUT2D eigenvalue weighted by Gasteiger charge is 2.41. The Kier molecular flexibility index (Phi) is 4.30. The first-order chi connectivity index (χ1) is 12.0. The minimum Gasteiger partial charge on any atom is -0.334 e. The van der Waals surface area contributed by atoms with Crippen molar-refractivity contribution in [3.05, 3.63) is 70.2 Å². The van der Waals surface area contributed by atoms with Gasteiger partial charge in [0.05, 0.1) is 0 Å². The van der Waals surface area contributed by atoms with Crippen LogP contribution in [0.25, 0.3) is 0 Å². The molecule has 0 radical (unpaired) electrons. The van der Waals surface area contributed by atoms with Crippen LogP contribution >= 0.6 is 11.6 Å². The second kappa shape index (κ2) is 6.47. The Balaban J connectivity index is 1.71. The van der Waals surface area contributed by atoms with E-state index < -0.39 is 0 Å². The van der Waals surface area contributed by atoms with Crippen molar-refractivity contribution in [3.8, 4) is 0 Å². The highest BCUT2D eigenvalue weighted by molar-refractivity contribution is 6.30. The van der Waals surface area contributed by atoms with E-state index >= 15 is 0 Å². The SMILES string of the molecule is CN1CCC2(Cc3ccccc3CN(C(=O)c3cccc(Cl)c3)C2)C1. The molecule has 1 atom stereocenters. The first-order valence-corrected chi connectivity index (χ1v) is 9.23. The fourth-order valence-corrected chi connectivity index (χ4v) is 4.58. The number of hydrogen-bond donors (Lipinski definition) is 0. The highest BCUT2D eigenvalue weighted by Crippen LogP contribution is 2.38. The topological polar surface area (TPSA) is 23.6 Å². The zero-order valence-electron chi connectivity index (χ0n) is 14.5. The Bertz CT molecular complexity index is 806. The lowest BCUT2D eigenvalue weighted by Gasteiger charge is -2.33. The fraction of sp³-hybridized carbons (Fsp3) is 0.381. The lowest BCUT2D eigenvalue weighted by molar-refractivity contribution is 0.0660. The van der Waals surface area contributed by atoms with Crippen molar-refractivity contribution < 1.29 is 4.79 Å². The largest absolute Gasteiger partial charge is 0.334 e. The molecule has 2 aromatic rings. The normalized spacial score (nSPS) is 23.5. The van der Waals surface area contributed by atoms with Gasteiger partial charge in [0.25, 0.3) is 5.91 Å². The number of nitrogens with zero attached hydrogens (tertiary/aromatic N) is 2. The van der Waals surface area contributed by atoms with Gasteiger partial charge in [-0.2, -0.15) is 0 Å². The van der Waals surface area contributed by atoms with Crippen LogP contribution < -0.4 is 0 Å². The van der Waals surface area contributed by atoms with Crippen LogP contribution in [-0.2, 0) is 13.0 Å². The molecule has 4 heteroatoms. The summed E-state index contributed by atoms with van der Waals surface area (Å²) in [6.45, 7) is 3.62. The molecule has 0 bridgehead atoms. The molecule has 1 saturated heterocycles. The van der Waals surface area contributed by atoms with E-state index in [1.807, 2.05) is 23.1 Å². The summed E-state index contributed by atoms with van der Waals surface area (Å²) in [6.07, 6.45) is 2.18. The number of fused-ring (bicyclic) bond motifs is 1. The monoisotopic (exact) mass is 354 g/mol. The van der Waals surface area contributed by atoms with Gasteiger partial charge in [-0.25, -0.2) is 0 Å². The minimum atomic E-state index is 0.0770. The third kappa shape index (κ3) is 3.31. The van der Waals surface area contributed by atoms with Crippen LogP contribution in [-0.4, -0.2) is 42.4 Å². The van der Waals surface area contributed by atoms with Gasteiger partial charge in [0.15, 0.2) is 0 Å². The molecule has 2 aromatic carbocycles. The molecule has 1 amide bonds. The quantitative estimate of drug-likeness (QED) is 0.776. The van der Waals surface area contributed by atoms with E-state index in [1.165, 1.54) is 11.1 Å². The molecule has 25 heavy (non-hydrogen) atoms. The van der Waals surface area contributed by atoms with Crippen LogP contribution in [0.4, 0.5) is 0 Å². The van der Waals surface area contributed by atoms with Crippen LogP contribution in [0.1, 0.15) is 27.9 Å². The molecular formula is C21H23ClN2O. The Hall–Kier alpha value is -1.84. The number of carbonyl (C=O) groups is 1. The van der Waals surface area contributed by atoms with Crippen LogP contribution in [0.3, 0.4) is 0 Å². The molecule has 0 N–H and O–H groups in total. The fourth-order valence-electron chi connectivity index (χ4n) is 4.39. The molecule has 2 aliphatic rings. The van der Waals surface area contributed by atoms with Gasteiger partial charge in [-0.05, 0) is 55.8 Å². The molecule has 0 aromatic heterocycles. The lowest BCUT2D eigenvalue weighted by Crippen LogP contribution is -2.41. The number of benzene rings is 2. The van der Waals surface area contributed by atoms with Gasteiger partial charge in [-0.3, -0.25) is 4.79 Å². The first kappa shape index (κ1) is 16.6. The van der Waals surface area contributed by atoms with Gasteiger partial charge >= 0.3 is 0 Å². The van der Waals surface area contributed by atoms with E-state index in [4.69, 9.17) is 11.6 Å². The minimum absolute atomic E-state index is 0.0770. The van der Waals surface area contributed by atoms with Gasteiger partial charge in [0.2, 0.25) is 0 Å². The molecule has 2 heterocycles. The van der Waals surface area contributed by atoms with Crippen molar-refractivity contribution in [3.63, 3.8) is 0 Å². The Morgan fingerprint density at radius 3 is 2.60 bits per heavy atom. The molecule has 0 aliphatic carbocycles. The maximum Gasteiger partial charge on any atom is 0.254 e. The predicted octanol–water partition coefficient (Wildman–Crippen LogP) is 3.86. The van der Waals surface area contributed by atoms with Gasteiger partial charge in [-0.1, -0.05) is 41.9 Å². The highest BCUT2D eigenvalue weighted by atomic mass is 35.5. The van der Waals surface area contributed by atoms with Crippen molar-refractivity contribution in [2.45, 2.75) is 19.4 Å². The maximum atomic E-state index is 13.2. The molecule has 3 nitrogen and oxygen atoms in total. The van der Waals surface area contributed by atoms with Crippen molar-refractivity contribution in [1.29, 1.82) is 0 Å². The van der Waals surface area contributed by atoms with Crippen LogP contribution in [0, 0.1) is 5.41 Å². The van der Waals surface area contributed by atoms with Gasteiger partial charge in [0, 0.05) is 35.6 Å². The van der Waals surface area contributed by atoms with Crippen molar-refractivity contribution in [1.82, 2.24) is 9.80 Å². The van der Waals surface area contributed by atoms with E-state index in [0.717, 1.165) is 32.5 Å². The standard InChI is InChI=1S/C21H23ClN2O/c1-23-10-9-21(14-23)12-17-5-2-3-6-18(17)13-24(15-21)20(25)16-7-4-8-19(22)11-16/h2-8,11H,9-10,12-15H2,1H3. The van der Waals surface area contributed by atoms with Crippen LogP contribution in [0.2, 0.25) is 5.02 Å². The molecular weight excluding hydrogens is 332 g/mol. The second-order valence-electron chi connectivity index (χ2n) is 7.60. The summed E-state index contributed by atoms with van der Waals surface area (Å²) in [6, 6.07) is 15.9. The molecule has 2 aliphatic heterocycles. The van der Waals surface area contributed by atoms with Crippen molar-refractivity contribution >= 4 is 17.5 Å². The zero-order valence-corrected chi connectivity index (χ0v) is 15.3.